The van der Waals surface area contributed by atoms with E-state index in [1.165, 1.54) is 4.90 Å². The number of carbonyl (C=O) groups excluding carboxylic acids is 1. The van der Waals surface area contributed by atoms with Crippen molar-refractivity contribution < 1.29 is 4.79 Å². The van der Waals surface area contributed by atoms with Crippen molar-refractivity contribution in [2.24, 2.45) is 0 Å². The number of nitriles is 1. The molecule has 0 unspecified atom stereocenters. The standard InChI is InChI=1S/C13H11N3O/c1-9-7-12(17)16(13(15)11(9)8-14)10-5-3-2-4-6-10/h2-6,15H,7H2,1H3. The maximum atomic E-state index is 11.9. The van der Waals surface area contributed by atoms with Crippen LogP contribution >= 0.6 is 0 Å². The van der Waals surface area contributed by atoms with Crippen molar-refractivity contribution >= 4 is 17.4 Å². The Morgan fingerprint density at radius 3 is 2.59 bits per heavy atom. The molecule has 1 aromatic rings. The summed E-state index contributed by atoms with van der Waals surface area (Å²) in [7, 11) is 0. The second kappa shape index (κ2) is 4.22. The van der Waals surface area contributed by atoms with Crippen LogP contribution in [0, 0.1) is 16.7 Å². The van der Waals surface area contributed by atoms with E-state index in [-0.39, 0.29) is 23.7 Å². The van der Waals surface area contributed by atoms with Gasteiger partial charge in [0.05, 0.1) is 17.7 Å². The molecule has 0 saturated carbocycles. The van der Waals surface area contributed by atoms with Gasteiger partial charge in [0, 0.05) is 0 Å². The van der Waals surface area contributed by atoms with E-state index in [1.807, 2.05) is 12.1 Å². The van der Waals surface area contributed by atoms with E-state index < -0.39 is 0 Å². The molecule has 84 valence electrons. The summed E-state index contributed by atoms with van der Waals surface area (Å²) in [5.74, 6) is -0.204. The largest absolute Gasteiger partial charge is 0.283 e. The van der Waals surface area contributed by atoms with Crippen LogP contribution in [0.4, 0.5) is 5.69 Å². The van der Waals surface area contributed by atoms with E-state index in [4.69, 9.17) is 10.7 Å². The molecule has 0 fully saturated rings. The van der Waals surface area contributed by atoms with Crippen molar-refractivity contribution in [1.82, 2.24) is 0 Å². The zero-order chi connectivity index (χ0) is 12.4. The van der Waals surface area contributed by atoms with Gasteiger partial charge in [0.25, 0.3) is 0 Å². The summed E-state index contributed by atoms with van der Waals surface area (Å²) in [5, 5.41) is 16.9. The van der Waals surface area contributed by atoms with Crippen LogP contribution < -0.4 is 4.90 Å². The molecule has 0 saturated heterocycles. The highest BCUT2D eigenvalue weighted by atomic mass is 16.2. The average Bonchev–Trinajstić information content (AvgIpc) is 2.30. The van der Waals surface area contributed by atoms with Crippen LogP contribution in [0.3, 0.4) is 0 Å². The third-order valence-electron chi connectivity index (χ3n) is 2.68. The van der Waals surface area contributed by atoms with Crippen molar-refractivity contribution in [1.29, 1.82) is 10.7 Å². The Balaban J connectivity index is 2.48. The Kier molecular flexibility index (Phi) is 2.75. The second-order valence-corrected chi connectivity index (χ2v) is 3.86. The number of amidine groups is 1. The first-order valence-corrected chi connectivity index (χ1v) is 5.22. The Hall–Kier alpha value is -2.41. The van der Waals surface area contributed by atoms with Gasteiger partial charge in [0.1, 0.15) is 11.9 Å². The number of nitrogens with zero attached hydrogens (tertiary/aromatic N) is 2. The lowest BCUT2D eigenvalue weighted by atomic mass is 10.00. The van der Waals surface area contributed by atoms with E-state index in [0.29, 0.717) is 11.3 Å². The van der Waals surface area contributed by atoms with E-state index in [2.05, 4.69) is 0 Å². The Bertz CT molecular complexity index is 552. The number of nitrogens with one attached hydrogen (secondary N) is 1. The number of hydrogen-bond acceptors (Lipinski definition) is 3. The van der Waals surface area contributed by atoms with Crippen LogP contribution in [0.25, 0.3) is 0 Å². The summed E-state index contributed by atoms with van der Waals surface area (Å²) >= 11 is 0. The van der Waals surface area contributed by atoms with Gasteiger partial charge in [-0.1, -0.05) is 18.2 Å². The van der Waals surface area contributed by atoms with Crippen molar-refractivity contribution in [2.75, 3.05) is 4.90 Å². The molecule has 1 aliphatic rings. The molecule has 1 aliphatic heterocycles. The fraction of sp³-hybridized carbons (Fsp3) is 0.154. The van der Waals surface area contributed by atoms with Crippen molar-refractivity contribution in [3.8, 4) is 6.07 Å². The second-order valence-electron chi connectivity index (χ2n) is 3.86. The number of para-hydroxylation sites is 1. The van der Waals surface area contributed by atoms with Crippen molar-refractivity contribution in [2.45, 2.75) is 13.3 Å². The number of anilines is 1. The highest BCUT2D eigenvalue weighted by molar-refractivity contribution is 6.26. The molecule has 0 bridgehead atoms. The third-order valence-corrected chi connectivity index (χ3v) is 2.68. The van der Waals surface area contributed by atoms with E-state index in [0.717, 1.165) is 0 Å². The summed E-state index contributed by atoms with van der Waals surface area (Å²) in [5.41, 5.74) is 1.57. The molecular formula is C13H11N3O. The molecule has 0 atom stereocenters. The van der Waals surface area contributed by atoms with Crippen LogP contribution in [0.2, 0.25) is 0 Å². The Morgan fingerprint density at radius 2 is 2.00 bits per heavy atom. The minimum atomic E-state index is -0.169. The summed E-state index contributed by atoms with van der Waals surface area (Å²) in [4.78, 5) is 13.2. The van der Waals surface area contributed by atoms with Crippen LogP contribution in [-0.4, -0.2) is 11.7 Å². The molecule has 0 spiro atoms. The number of amides is 1. The normalized spacial score (nSPS) is 16.1. The zero-order valence-corrected chi connectivity index (χ0v) is 9.40. The van der Waals surface area contributed by atoms with E-state index in [9.17, 15) is 4.79 Å². The lowest BCUT2D eigenvalue weighted by molar-refractivity contribution is -0.117. The summed E-state index contributed by atoms with van der Waals surface area (Å²) in [6.45, 7) is 1.72. The summed E-state index contributed by atoms with van der Waals surface area (Å²) < 4.78 is 0. The van der Waals surface area contributed by atoms with Gasteiger partial charge < -0.3 is 0 Å². The van der Waals surface area contributed by atoms with Crippen LogP contribution in [-0.2, 0) is 4.79 Å². The highest BCUT2D eigenvalue weighted by Gasteiger charge is 2.29. The first kappa shape index (κ1) is 11.1. The van der Waals surface area contributed by atoms with Crippen molar-refractivity contribution in [3.05, 3.63) is 41.5 Å². The van der Waals surface area contributed by atoms with Gasteiger partial charge in [-0.3, -0.25) is 15.1 Å². The van der Waals surface area contributed by atoms with E-state index in [1.54, 1.807) is 31.2 Å². The van der Waals surface area contributed by atoms with Gasteiger partial charge in [-0.2, -0.15) is 5.26 Å². The summed E-state index contributed by atoms with van der Waals surface area (Å²) in [6, 6.07) is 10.9. The minimum absolute atomic E-state index is 0.0348. The minimum Gasteiger partial charge on any atom is -0.283 e. The van der Waals surface area contributed by atoms with Gasteiger partial charge in [-0.25, -0.2) is 0 Å². The van der Waals surface area contributed by atoms with Crippen molar-refractivity contribution in [3.63, 3.8) is 0 Å². The molecule has 1 N–H and O–H groups in total. The number of carbonyl (C=O) groups is 1. The van der Waals surface area contributed by atoms with Crippen LogP contribution in [0.5, 0.6) is 0 Å². The molecule has 1 aromatic carbocycles. The van der Waals surface area contributed by atoms with Crippen LogP contribution in [0.1, 0.15) is 13.3 Å². The quantitative estimate of drug-likeness (QED) is 0.796. The molecule has 17 heavy (non-hydrogen) atoms. The summed E-state index contributed by atoms with van der Waals surface area (Å²) in [6.07, 6.45) is 0.195. The monoisotopic (exact) mass is 225 g/mol. The molecule has 1 heterocycles. The molecule has 4 nitrogen and oxygen atoms in total. The first-order valence-electron chi connectivity index (χ1n) is 5.22. The van der Waals surface area contributed by atoms with Gasteiger partial charge in [-0.05, 0) is 24.6 Å². The maximum Gasteiger partial charge on any atom is 0.236 e. The fourth-order valence-electron chi connectivity index (χ4n) is 1.83. The van der Waals surface area contributed by atoms with E-state index >= 15 is 0 Å². The molecule has 4 heteroatoms. The van der Waals surface area contributed by atoms with Gasteiger partial charge in [0.15, 0.2) is 0 Å². The van der Waals surface area contributed by atoms with Crippen LogP contribution in [0.15, 0.2) is 41.5 Å². The van der Waals surface area contributed by atoms with Gasteiger partial charge in [0.2, 0.25) is 5.91 Å². The smallest absolute Gasteiger partial charge is 0.236 e. The lowest BCUT2D eigenvalue weighted by Gasteiger charge is -2.27. The number of benzene rings is 1. The molecular weight excluding hydrogens is 214 g/mol. The maximum absolute atomic E-state index is 11.9. The highest BCUT2D eigenvalue weighted by Crippen LogP contribution is 2.25. The predicted molar refractivity (Wildman–Crippen MR) is 64.6 cm³/mol. The molecule has 0 aromatic heterocycles. The number of hydrogen-bond donors (Lipinski definition) is 1. The molecule has 0 radical (unpaired) electrons. The Morgan fingerprint density at radius 1 is 1.35 bits per heavy atom. The lowest BCUT2D eigenvalue weighted by Crippen LogP contribution is -2.41. The fourth-order valence-corrected chi connectivity index (χ4v) is 1.83. The zero-order valence-electron chi connectivity index (χ0n) is 9.40. The number of rotatable bonds is 1. The molecule has 1 amide bonds. The van der Waals surface area contributed by atoms with Gasteiger partial charge >= 0.3 is 0 Å². The molecule has 0 aliphatic carbocycles. The topological polar surface area (TPSA) is 68.0 Å². The first-order chi connectivity index (χ1) is 8.15. The predicted octanol–water partition coefficient (Wildman–Crippen LogP) is 2.24. The average molecular weight is 225 g/mol. The Labute approximate surface area is 99.3 Å². The third kappa shape index (κ3) is 1.83. The molecule has 2 rings (SSSR count). The SMILES string of the molecule is CC1=C(C#N)C(=N)N(c2ccccc2)C(=O)C1. The van der Waals surface area contributed by atoms with Gasteiger partial charge in [-0.15, -0.1) is 0 Å².